The molecule has 0 radical (unpaired) electrons. The largest absolute Gasteiger partial charge is 0.493 e. The highest BCUT2D eigenvalue weighted by molar-refractivity contribution is 5.96. The number of aryl methyl sites for hydroxylation is 1. The van der Waals surface area contributed by atoms with Crippen molar-refractivity contribution in [2.45, 2.75) is 38.5 Å². The van der Waals surface area contributed by atoms with Crippen LogP contribution in [0.4, 0.5) is 0 Å². The molecule has 0 aliphatic heterocycles. The van der Waals surface area contributed by atoms with Crippen LogP contribution in [-0.2, 0) is 16.0 Å². The minimum absolute atomic E-state index is 0.184. The molecule has 0 atom stereocenters. The second-order valence-electron chi connectivity index (χ2n) is 7.61. The standard InChI is InChI=1S/C24H27NO3/c1-27-24(26)12-10-17-9-11-23(28-16-18-5-2-3-6-18)21(15-17)19-7-4-8-22-20(19)13-14-25-22/h4,7-9,11,13-15,18,25H,2-3,5-6,10,12,16H2,1H3. The molecule has 1 aliphatic rings. The van der Waals surface area contributed by atoms with Crippen LogP contribution in [-0.4, -0.2) is 24.7 Å². The van der Waals surface area contributed by atoms with Crippen molar-refractivity contribution in [3.8, 4) is 16.9 Å². The molecular formula is C24H27NO3. The van der Waals surface area contributed by atoms with Crippen LogP contribution in [0.2, 0.25) is 0 Å². The van der Waals surface area contributed by atoms with Gasteiger partial charge in [0.05, 0.1) is 13.7 Å². The molecule has 1 heterocycles. The van der Waals surface area contributed by atoms with Gasteiger partial charge >= 0.3 is 5.97 Å². The van der Waals surface area contributed by atoms with Crippen molar-refractivity contribution in [3.63, 3.8) is 0 Å². The van der Waals surface area contributed by atoms with Crippen molar-refractivity contribution < 1.29 is 14.3 Å². The number of H-pyrrole nitrogens is 1. The maximum atomic E-state index is 11.5. The first-order valence-corrected chi connectivity index (χ1v) is 10.1. The van der Waals surface area contributed by atoms with Gasteiger partial charge in [0.2, 0.25) is 0 Å². The molecule has 0 amide bonds. The fourth-order valence-corrected chi connectivity index (χ4v) is 4.12. The van der Waals surface area contributed by atoms with E-state index in [2.05, 4.69) is 47.4 Å². The SMILES string of the molecule is COC(=O)CCc1ccc(OCC2CCCC2)c(-c2cccc3[nH]ccc23)c1. The zero-order valence-corrected chi connectivity index (χ0v) is 16.4. The zero-order chi connectivity index (χ0) is 19.3. The Morgan fingerprint density at radius 3 is 2.79 bits per heavy atom. The van der Waals surface area contributed by atoms with Gasteiger partial charge in [-0.15, -0.1) is 0 Å². The van der Waals surface area contributed by atoms with Crippen LogP contribution in [0, 0.1) is 5.92 Å². The van der Waals surface area contributed by atoms with E-state index in [0.717, 1.165) is 34.6 Å². The number of fused-ring (bicyclic) bond motifs is 1. The Morgan fingerprint density at radius 2 is 1.96 bits per heavy atom. The van der Waals surface area contributed by atoms with Gasteiger partial charge in [-0.3, -0.25) is 4.79 Å². The molecule has 28 heavy (non-hydrogen) atoms. The Bertz CT molecular complexity index is 953. The maximum absolute atomic E-state index is 11.5. The van der Waals surface area contributed by atoms with E-state index >= 15 is 0 Å². The van der Waals surface area contributed by atoms with E-state index in [4.69, 9.17) is 9.47 Å². The molecule has 0 unspecified atom stereocenters. The van der Waals surface area contributed by atoms with Crippen molar-refractivity contribution in [3.05, 3.63) is 54.2 Å². The molecule has 0 saturated heterocycles. The van der Waals surface area contributed by atoms with Crippen molar-refractivity contribution in [1.82, 2.24) is 4.98 Å². The topological polar surface area (TPSA) is 51.3 Å². The summed E-state index contributed by atoms with van der Waals surface area (Å²) in [5.41, 5.74) is 4.46. The predicted octanol–water partition coefficient (Wildman–Crippen LogP) is 5.51. The van der Waals surface area contributed by atoms with Crippen LogP contribution in [0.15, 0.2) is 48.7 Å². The van der Waals surface area contributed by atoms with E-state index in [1.807, 2.05) is 6.20 Å². The van der Waals surface area contributed by atoms with Crippen LogP contribution >= 0.6 is 0 Å². The third-order valence-electron chi connectivity index (χ3n) is 5.72. The molecule has 1 aliphatic carbocycles. The lowest BCUT2D eigenvalue weighted by Gasteiger charge is -2.17. The molecule has 1 saturated carbocycles. The summed E-state index contributed by atoms with van der Waals surface area (Å²) in [6.07, 6.45) is 8.17. The summed E-state index contributed by atoms with van der Waals surface area (Å²) < 4.78 is 11.1. The molecule has 4 nitrogen and oxygen atoms in total. The van der Waals surface area contributed by atoms with Gasteiger partial charge in [0.1, 0.15) is 5.75 Å². The summed E-state index contributed by atoms with van der Waals surface area (Å²) in [6.45, 7) is 0.775. The van der Waals surface area contributed by atoms with E-state index in [0.29, 0.717) is 18.8 Å². The minimum atomic E-state index is -0.184. The van der Waals surface area contributed by atoms with Gasteiger partial charge in [0.25, 0.3) is 0 Å². The smallest absolute Gasteiger partial charge is 0.305 e. The second kappa shape index (κ2) is 8.51. The summed E-state index contributed by atoms with van der Waals surface area (Å²) in [5.74, 6) is 1.40. The normalized spacial score (nSPS) is 14.5. The van der Waals surface area contributed by atoms with E-state index in [9.17, 15) is 4.79 Å². The molecule has 3 aromatic rings. The summed E-state index contributed by atoms with van der Waals surface area (Å²) in [4.78, 5) is 14.8. The van der Waals surface area contributed by atoms with Gasteiger partial charge in [-0.05, 0) is 60.6 Å². The van der Waals surface area contributed by atoms with Gasteiger partial charge in [-0.25, -0.2) is 0 Å². The molecule has 2 aromatic carbocycles. The number of methoxy groups -OCH3 is 1. The minimum Gasteiger partial charge on any atom is -0.493 e. The third-order valence-corrected chi connectivity index (χ3v) is 5.72. The number of carbonyl (C=O) groups excluding carboxylic acids is 1. The number of hydrogen-bond donors (Lipinski definition) is 1. The number of aromatic nitrogens is 1. The molecule has 1 fully saturated rings. The van der Waals surface area contributed by atoms with Crippen LogP contribution in [0.5, 0.6) is 5.75 Å². The highest BCUT2D eigenvalue weighted by Gasteiger charge is 2.18. The molecule has 0 bridgehead atoms. The van der Waals surface area contributed by atoms with Crippen molar-refractivity contribution in [1.29, 1.82) is 0 Å². The highest BCUT2D eigenvalue weighted by atomic mass is 16.5. The second-order valence-corrected chi connectivity index (χ2v) is 7.61. The zero-order valence-electron chi connectivity index (χ0n) is 16.4. The lowest BCUT2D eigenvalue weighted by Crippen LogP contribution is -2.09. The fourth-order valence-electron chi connectivity index (χ4n) is 4.12. The van der Waals surface area contributed by atoms with Crippen molar-refractivity contribution >= 4 is 16.9 Å². The van der Waals surface area contributed by atoms with Crippen LogP contribution < -0.4 is 4.74 Å². The monoisotopic (exact) mass is 377 g/mol. The molecule has 4 heteroatoms. The van der Waals surface area contributed by atoms with Crippen LogP contribution in [0.25, 0.3) is 22.0 Å². The summed E-state index contributed by atoms with van der Waals surface area (Å²) in [6, 6.07) is 14.7. The maximum Gasteiger partial charge on any atom is 0.305 e. The summed E-state index contributed by atoms with van der Waals surface area (Å²) in [5, 5.41) is 1.18. The van der Waals surface area contributed by atoms with Crippen molar-refractivity contribution in [2.24, 2.45) is 5.92 Å². The number of hydrogen-bond acceptors (Lipinski definition) is 3. The van der Waals surface area contributed by atoms with Crippen LogP contribution in [0.1, 0.15) is 37.7 Å². The van der Waals surface area contributed by atoms with Gasteiger partial charge in [-0.1, -0.05) is 31.0 Å². The Morgan fingerprint density at radius 1 is 1.11 bits per heavy atom. The summed E-state index contributed by atoms with van der Waals surface area (Å²) >= 11 is 0. The number of ether oxygens (including phenoxy) is 2. The summed E-state index contributed by atoms with van der Waals surface area (Å²) in [7, 11) is 1.43. The van der Waals surface area contributed by atoms with Gasteiger partial charge in [-0.2, -0.15) is 0 Å². The highest BCUT2D eigenvalue weighted by Crippen LogP contribution is 2.37. The lowest BCUT2D eigenvalue weighted by molar-refractivity contribution is -0.140. The van der Waals surface area contributed by atoms with Gasteiger partial charge in [0, 0.05) is 29.1 Å². The Labute approximate surface area is 165 Å². The molecule has 1 N–H and O–H groups in total. The molecular weight excluding hydrogens is 350 g/mol. The lowest BCUT2D eigenvalue weighted by atomic mass is 9.97. The number of aromatic amines is 1. The Hall–Kier alpha value is -2.75. The number of rotatable bonds is 7. The van der Waals surface area contributed by atoms with Crippen molar-refractivity contribution in [2.75, 3.05) is 13.7 Å². The molecule has 1 aromatic heterocycles. The Kier molecular flexibility index (Phi) is 5.65. The van der Waals surface area contributed by atoms with E-state index in [1.54, 1.807) is 0 Å². The third kappa shape index (κ3) is 4.06. The molecule has 146 valence electrons. The first-order valence-electron chi connectivity index (χ1n) is 10.1. The quantitative estimate of drug-likeness (QED) is 0.552. The molecule has 0 spiro atoms. The average Bonchev–Trinajstić information content (AvgIpc) is 3.42. The van der Waals surface area contributed by atoms with E-state index < -0.39 is 0 Å². The van der Waals surface area contributed by atoms with E-state index in [1.165, 1.54) is 38.2 Å². The fraction of sp³-hybridized carbons (Fsp3) is 0.375. The van der Waals surface area contributed by atoms with E-state index in [-0.39, 0.29) is 5.97 Å². The van der Waals surface area contributed by atoms with Gasteiger partial charge in [0.15, 0.2) is 0 Å². The number of esters is 1. The van der Waals surface area contributed by atoms with Gasteiger partial charge < -0.3 is 14.5 Å². The average molecular weight is 377 g/mol. The first-order chi connectivity index (χ1) is 13.7. The Balaban J connectivity index is 1.66. The first kappa shape index (κ1) is 18.6. The number of benzene rings is 2. The number of carbonyl (C=O) groups is 1. The molecule has 4 rings (SSSR count). The van der Waals surface area contributed by atoms with Crippen LogP contribution in [0.3, 0.4) is 0 Å². The predicted molar refractivity (Wildman–Crippen MR) is 112 cm³/mol. The number of nitrogens with one attached hydrogen (secondary N) is 1.